The van der Waals surface area contributed by atoms with Gasteiger partial charge in [-0.2, -0.15) is 13.1 Å². The Morgan fingerprint density at radius 1 is 1.13 bits per heavy atom. The van der Waals surface area contributed by atoms with Crippen LogP contribution in [0.5, 0.6) is 0 Å². The molecule has 1 aromatic carbocycles. The summed E-state index contributed by atoms with van der Waals surface area (Å²) in [6, 6.07) is 5.09. The molecule has 2 aliphatic heterocycles. The van der Waals surface area contributed by atoms with Crippen LogP contribution in [0, 0.1) is 5.92 Å². The van der Waals surface area contributed by atoms with Crippen LogP contribution in [-0.4, -0.2) is 54.1 Å². The predicted octanol–water partition coefficient (Wildman–Crippen LogP) is 1.46. The number of fused-ring (bicyclic) bond motifs is 1. The molecule has 3 heterocycles. The Labute approximate surface area is 138 Å². The first-order valence-electron chi connectivity index (χ1n) is 7.61. The molecular weight excluding hydrogens is 338 g/mol. The van der Waals surface area contributed by atoms with E-state index < -0.39 is 10.0 Å². The standard InChI is InChI=1S/C14H17N3O4S2/c18-23(19,12-3-1-2-11-13(12)16-22-15-11)17-6-4-10(5-7-17)14-20-8-9-21-14/h1-3,10,14H,4-9H2. The normalized spacial score (nSPS) is 22.1. The molecule has 2 aromatic rings. The fraction of sp³-hybridized carbons (Fsp3) is 0.571. The highest BCUT2D eigenvalue weighted by Crippen LogP contribution is 2.30. The van der Waals surface area contributed by atoms with Gasteiger partial charge in [0, 0.05) is 19.0 Å². The zero-order chi connectivity index (χ0) is 15.9. The molecule has 0 atom stereocenters. The van der Waals surface area contributed by atoms with Gasteiger partial charge in [-0.25, -0.2) is 8.42 Å². The Hall–Kier alpha value is -1.13. The fourth-order valence-electron chi connectivity index (χ4n) is 3.17. The Bertz CT molecular complexity index is 793. The molecule has 2 fully saturated rings. The van der Waals surface area contributed by atoms with E-state index in [1.165, 1.54) is 4.31 Å². The summed E-state index contributed by atoms with van der Waals surface area (Å²) >= 11 is 1.03. The van der Waals surface area contributed by atoms with Crippen molar-refractivity contribution in [3.05, 3.63) is 18.2 Å². The van der Waals surface area contributed by atoms with E-state index in [0.29, 0.717) is 37.3 Å². The third kappa shape index (κ3) is 2.76. The highest BCUT2D eigenvalue weighted by Gasteiger charge is 2.35. The fourth-order valence-corrected chi connectivity index (χ4v) is 5.39. The smallest absolute Gasteiger partial charge is 0.245 e. The summed E-state index contributed by atoms with van der Waals surface area (Å²) in [4.78, 5) is 0.246. The number of piperidine rings is 1. The van der Waals surface area contributed by atoms with E-state index in [2.05, 4.69) is 8.75 Å². The molecule has 2 saturated heterocycles. The maximum atomic E-state index is 12.9. The number of hydrogen-bond donors (Lipinski definition) is 0. The zero-order valence-electron chi connectivity index (χ0n) is 12.4. The van der Waals surface area contributed by atoms with E-state index in [9.17, 15) is 8.42 Å². The van der Waals surface area contributed by atoms with Crippen molar-refractivity contribution in [3.8, 4) is 0 Å². The molecule has 1 aromatic heterocycles. The highest BCUT2D eigenvalue weighted by atomic mass is 32.2. The van der Waals surface area contributed by atoms with Gasteiger partial charge in [0.05, 0.1) is 24.9 Å². The topological polar surface area (TPSA) is 81.6 Å². The molecule has 124 valence electrons. The Morgan fingerprint density at radius 3 is 2.61 bits per heavy atom. The number of benzene rings is 1. The summed E-state index contributed by atoms with van der Waals surface area (Å²) in [7, 11) is -3.55. The van der Waals surface area contributed by atoms with Crippen molar-refractivity contribution in [3.63, 3.8) is 0 Å². The number of nitrogens with zero attached hydrogens (tertiary/aromatic N) is 3. The lowest BCUT2D eigenvalue weighted by atomic mass is 9.98. The molecular formula is C14H17N3O4S2. The summed E-state index contributed by atoms with van der Waals surface area (Å²) in [5.74, 6) is 0.265. The van der Waals surface area contributed by atoms with E-state index in [0.717, 1.165) is 24.6 Å². The van der Waals surface area contributed by atoms with Gasteiger partial charge >= 0.3 is 0 Å². The van der Waals surface area contributed by atoms with Crippen molar-refractivity contribution >= 4 is 32.8 Å². The van der Waals surface area contributed by atoms with Crippen molar-refractivity contribution in [1.29, 1.82) is 0 Å². The SMILES string of the molecule is O=S(=O)(c1cccc2nsnc12)N1CCC(C2OCCO2)CC1. The average Bonchev–Trinajstić information content (AvgIpc) is 3.26. The maximum Gasteiger partial charge on any atom is 0.245 e. The summed E-state index contributed by atoms with van der Waals surface area (Å²) in [6.45, 7) is 2.21. The molecule has 0 N–H and O–H groups in total. The molecule has 2 aliphatic rings. The molecule has 0 amide bonds. The lowest BCUT2D eigenvalue weighted by Gasteiger charge is -2.33. The largest absolute Gasteiger partial charge is 0.350 e. The minimum absolute atomic E-state index is 0.175. The number of ether oxygens (including phenoxy) is 2. The molecule has 4 rings (SSSR count). The average molecular weight is 355 g/mol. The van der Waals surface area contributed by atoms with Crippen LogP contribution >= 0.6 is 11.7 Å². The van der Waals surface area contributed by atoms with Gasteiger partial charge in [-0.3, -0.25) is 0 Å². The summed E-state index contributed by atoms with van der Waals surface area (Å²) in [5, 5.41) is 0. The van der Waals surface area contributed by atoms with Crippen molar-refractivity contribution in [1.82, 2.24) is 13.1 Å². The van der Waals surface area contributed by atoms with Crippen LogP contribution in [0.2, 0.25) is 0 Å². The molecule has 0 saturated carbocycles. The maximum absolute atomic E-state index is 12.9. The van der Waals surface area contributed by atoms with Crippen LogP contribution < -0.4 is 0 Å². The van der Waals surface area contributed by atoms with Gasteiger partial charge in [-0.15, -0.1) is 0 Å². The van der Waals surface area contributed by atoms with E-state index in [4.69, 9.17) is 9.47 Å². The molecule has 0 spiro atoms. The first kappa shape index (κ1) is 15.4. The van der Waals surface area contributed by atoms with E-state index in [-0.39, 0.29) is 17.1 Å². The quantitative estimate of drug-likeness (QED) is 0.829. The molecule has 0 bridgehead atoms. The van der Waals surface area contributed by atoms with E-state index in [1.54, 1.807) is 18.2 Å². The molecule has 7 nitrogen and oxygen atoms in total. The van der Waals surface area contributed by atoms with Crippen molar-refractivity contribution in [2.45, 2.75) is 24.0 Å². The lowest BCUT2D eigenvalue weighted by molar-refractivity contribution is -0.0938. The van der Waals surface area contributed by atoms with Gasteiger partial charge in [0.1, 0.15) is 15.9 Å². The third-order valence-electron chi connectivity index (χ3n) is 4.40. The Balaban J connectivity index is 1.54. The first-order chi connectivity index (χ1) is 11.2. The lowest BCUT2D eigenvalue weighted by Crippen LogP contribution is -2.41. The number of rotatable bonds is 3. The highest BCUT2D eigenvalue weighted by molar-refractivity contribution is 7.89. The third-order valence-corrected chi connectivity index (χ3v) is 6.87. The van der Waals surface area contributed by atoms with Crippen LogP contribution in [-0.2, 0) is 19.5 Å². The second kappa shape index (κ2) is 6.06. The van der Waals surface area contributed by atoms with Crippen LogP contribution in [0.3, 0.4) is 0 Å². The Morgan fingerprint density at radius 2 is 1.87 bits per heavy atom. The summed E-state index contributed by atoms with van der Waals surface area (Å²) in [6.07, 6.45) is 1.32. The number of aromatic nitrogens is 2. The van der Waals surface area contributed by atoms with E-state index in [1.807, 2.05) is 0 Å². The Kier molecular flexibility index (Phi) is 4.06. The van der Waals surface area contributed by atoms with Gasteiger partial charge < -0.3 is 9.47 Å². The monoisotopic (exact) mass is 355 g/mol. The molecule has 0 unspecified atom stereocenters. The van der Waals surface area contributed by atoms with Crippen LogP contribution in [0.4, 0.5) is 0 Å². The minimum atomic E-state index is -3.55. The van der Waals surface area contributed by atoms with Crippen molar-refractivity contribution in [2.75, 3.05) is 26.3 Å². The van der Waals surface area contributed by atoms with Gasteiger partial charge in [-0.05, 0) is 25.0 Å². The molecule has 0 radical (unpaired) electrons. The van der Waals surface area contributed by atoms with Gasteiger partial charge in [0.2, 0.25) is 10.0 Å². The van der Waals surface area contributed by atoms with Gasteiger partial charge in [0.15, 0.2) is 6.29 Å². The number of hydrogen-bond acceptors (Lipinski definition) is 7. The van der Waals surface area contributed by atoms with Crippen LogP contribution in [0.1, 0.15) is 12.8 Å². The second-order valence-electron chi connectivity index (χ2n) is 5.74. The van der Waals surface area contributed by atoms with Crippen molar-refractivity contribution in [2.24, 2.45) is 5.92 Å². The molecule has 0 aliphatic carbocycles. The predicted molar refractivity (Wildman–Crippen MR) is 84.6 cm³/mol. The van der Waals surface area contributed by atoms with Crippen LogP contribution in [0.25, 0.3) is 11.0 Å². The van der Waals surface area contributed by atoms with Gasteiger partial charge in [0.25, 0.3) is 0 Å². The minimum Gasteiger partial charge on any atom is -0.350 e. The first-order valence-corrected chi connectivity index (χ1v) is 9.78. The number of sulfonamides is 1. The van der Waals surface area contributed by atoms with E-state index >= 15 is 0 Å². The molecule has 9 heteroatoms. The second-order valence-corrected chi connectivity index (χ2v) is 8.17. The zero-order valence-corrected chi connectivity index (χ0v) is 14.1. The summed E-state index contributed by atoms with van der Waals surface area (Å²) < 4.78 is 46.7. The van der Waals surface area contributed by atoms with Crippen molar-refractivity contribution < 1.29 is 17.9 Å². The van der Waals surface area contributed by atoms with Gasteiger partial charge in [-0.1, -0.05) is 6.07 Å². The summed E-state index contributed by atoms with van der Waals surface area (Å²) in [5.41, 5.74) is 1.08. The van der Waals surface area contributed by atoms with Crippen LogP contribution in [0.15, 0.2) is 23.1 Å². The molecule has 23 heavy (non-hydrogen) atoms.